The molecule has 1 aromatic carbocycles. The third-order valence-corrected chi connectivity index (χ3v) is 3.94. The highest BCUT2D eigenvalue weighted by molar-refractivity contribution is 5.34. The molecule has 1 saturated heterocycles. The van der Waals surface area contributed by atoms with Gasteiger partial charge in [-0.1, -0.05) is 6.07 Å². The van der Waals surface area contributed by atoms with Gasteiger partial charge in [0.1, 0.15) is 11.9 Å². The lowest BCUT2D eigenvalue weighted by Gasteiger charge is -2.46. The van der Waals surface area contributed by atoms with Crippen molar-refractivity contribution in [3.63, 3.8) is 0 Å². The van der Waals surface area contributed by atoms with Crippen LogP contribution in [-0.4, -0.2) is 17.1 Å². The maximum atomic E-state index is 13.3. The van der Waals surface area contributed by atoms with E-state index in [0.29, 0.717) is 12.6 Å². The lowest BCUT2D eigenvalue weighted by atomic mass is 9.79. The van der Waals surface area contributed by atoms with E-state index in [-0.39, 0.29) is 16.6 Å². The summed E-state index contributed by atoms with van der Waals surface area (Å²) < 4.78 is 13.3. The van der Waals surface area contributed by atoms with Gasteiger partial charge in [-0.3, -0.25) is 0 Å². The average Bonchev–Trinajstić information content (AvgIpc) is 2.34. The van der Waals surface area contributed by atoms with Gasteiger partial charge in [0.15, 0.2) is 0 Å². The first-order chi connectivity index (χ1) is 9.71. The number of benzene rings is 1. The molecule has 2 rings (SSSR count). The van der Waals surface area contributed by atoms with E-state index in [4.69, 9.17) is 5.26 Å². The topological polar surface area (TPSA) is 47.9 Å². The van der Waals surface area contributed by atoms with Crippen LogP contribution in [0.5, 0.6) is 0 Å². The van der Waals surface area contributed by atoms with Crippen LogP contribution < -0.4 is 10.6 Å². The van der Waals surface area contributed by atoms with Gasteiger partial charge in [-0.05, 0) is 58.2 Å². The summed E-state index contributed by atoms with van der Waals surface area (Å²) in [6.07, 6.45) is 2.09. The van der Waals surface area contributed by atoms with Crippen LogP contribution in [0.2, 0.25) is 0 Å². The Balaban J connectivity index is 2.01. The minimum atomic E-state index is -0.453. The third kappa shape index (κ3) is 4.26. The summed E-state index contributed by atoms with van der Waals surface area (Å²) in [5.74, 6) is -0.453. The third-order valence-electron chi connectivity index (χ3n) is 3.94. The molecule has 1 aliphatic heterocycles. The van der Waals surface area contributed by atoms with E-state index in [1.807, 2.05) is 6.07 Å². The second-order valence-electron chi connectivity index (χ2n) is 7.30. The van der Waals surface area contributed by atoms with E-state index >= 15 is 0 Å². The van der Waals surface area contributed by atoms with Gasteiger partial charge in [0, 0.05) is 23.7 Å². The number of nitrogens with zero attached hydrogens (tertiary/aromatic N) is 1. The molecule has 0 radical (unpaired) electrons. The molecule has 0 atom stereocenters. The number of hydrogen-bond donors (Lipinski definition) is 2. The lowest BCUT2D eigenvalue weighted by molar-refractivity contribution is 0.145. The van der Waals surface area contributed by atoms with Crippen LogP contribution in [0.4, 0.5) is 4.39 Å². The molecule has 0 aliphatic carbocycles. The highest BCUT2D eigenvalue weighted by atomic mass is 19.1. The summed E-state index contributed by atoms with van der Waals surface area (Å²) in [5.41, 5.74) is 1.25. The van der Waals surface area contributed by atoms with Gasteiger partial charge in [0.25, 0.3) is 0 Å². The van der Waals surface area contributed by atoms with Crippen LogP contribution in [0.1, 0.15) is 51.7 Å². The zero-order chi connectivity index (χ0) is 15.7. The van der Waals surface area contributed by atoms with Crippen molar-refractivity contribution in [1.82, 2.24) is 10.6 Å². The molecule has 4 heteroatoms. The largest absolute Gasteiger partial charge is 0.310 e. The molecule has 0 aromatic heterocycles. The predicted octanol–water partition coefficient (Wildman–Crippen LogP) is 3.10. The molecule has 1 aliphatic rings. The van der Waals surface area contributed by atoms with Crippen LogP contribution >= 0.6 is 0 Å². The zero-order valence-corrected chi connectivity index (χ0v) is 13.3. The Bertz CT molecular complexity index is 542. The van der Waals surface area contributed by atoms with Crippen molar-refractivity contribution in [3.05, 3.63) is 35.1 Å². The summed E-state index contributed by atoms with van der Waals surface area (Å²) in [6, 6.07) is 7.02. The van der Waals surface area contributed by atoms with Gasteiger partial charge in [-0.25, -0.2) is 4.39 Å². The van der Waals surface area contributed by atoms with Gasteiger partial charge >= 0.3 is 0 Å². The van der Waals surface area contributed by atoms with Crippen molar-refractivity contribution in [1.29, 1.82) is 5.26 Å². The molecule has 114 valence electrons. The molecule has 1 aromatic rings. The number of hydrogen-bond acceptors (Lipinski definition) is 3. The first kappa shape index (κ1) is 15.9. The van der Waals surface area contributed by atoms with Crippen molar-refractivity contribution in [2.75, 3.05) is 0 Å². The second kappa shape index (κ2) is 5.75. The normalized spacial score (nSPS) is 21.0. The van der Waals surface area contributed by atoms with Gasteiger partial charge in [0.05, 0.1) is 5.56 Å². The van der Waals surface area contributed by atoms with Crippen LogP contribution in [0.25, 0.3) is 0 Å². The van der Waals surface area contributed by atoms with Gasteiger partial charge in [0.2, 0.25) is 0 Å². The minimum Gasteiger partial charge on any atom is -0.310 e. The van der Waals surface area contributed by atoms with Crippen molar-refractivity contribution in [2.24, 2.45) is 0 Å². The second-order valence-corrected chi connectivity index (χ2v) is 7.30. The first-order valence-corrected chi connectivity index (χ1v) is 7.42. The molecule has 3 nitrogen and oxygen atoms in total. The number of nitriles is 1. The molecule has 1 heterocycles. The van der Waals surface area contributed by atoms with Crippen LogP contribution in [-0.2, 0) is 6.54 Å². The van der Waals surface area contributed by atoms with Crippen molar-refractivity contribution < 1.29 is 4.39 Å². The summed E-state index contributed by atoms with van der Waals surface area (Å²) in [7, 11) is 0. The highest BCUT2D eigenvalue weighted by Crippen LogP contribution is 2.28. The molecule has 0 amide bonds. The smallest absolute Gasteiger partial charge is 0.140 e. The molecule has 0 saturated carbocycles. The molecule has 0 spiro atoms. The van der Waals surface area contributed by atoms with Crippen molar-refractivity contribution >= 4 is 0 Å². The van der Waals surface area contributed by atoms with E-state index in [1.54, 1.807) is 12.1 Å². The van der Waals surface area contributed by atoms with Crippen molar-refractivity contribution in [3.8, 4) is 6.07 Å². The molecule has 1 fully saturated rings. The fourth-order valence-corrected chi connectivity index (χ4v) is 3.50. The Labute approximate surface area is 126 Å². The molecular formula is C17H24FN3. The van der Waals surface area contributed by atoms with Crippen molar-refractivity contribution in [2.45, 2.75) is 64.2 Å². The molecular weight excluding hydrogens is 265 g/mol. The van der Waals surface area contributed by atoms with Crippen LogP contribution in [0.15, 0.2) is 18.2 Å². The monoisotopic (exact) mass is 289 g/mol. The number of piperidine rings is 1. The quantitative estimate of drug-likeness (QED) is 0.899. The Morgan fingerprint density at radius 2 is 1.90 bits per heavy atom. The fourth-order valence-electron chi connectivity index (χ4n) is 3.50. The molecule has 2 N–H and O–H groups in total. The summed E-state index contributed by atoms with van der Waals surface area (Å²) >= 11 is 0. The van der Waals surface area contributed by atoms with E-state index < -0.39 is 5.82 Å². The predicted molar refractivity (Wildman–Crippen MR) is 82.3 cm³/mol. The van der Waals surface area contributed by atoms with E-state index in [1.165, 1.54) is 6.07 Å². The summed E-state index contributed by atoms with van der Waals surface area (Å²) in [4.78, 5) is 0. The molecule has 0 bridgehead atoms. The first-order valence-electron chi connectivity index (χ1n) is 7.42. The van der Waals surface area contributed by atoms with Crippen LogP contribution in [0, 0.1) is 17.1 Å². The lowest BCUT2D eigenvalue weighted by Crippen LogP contribution is -2.61. The maximum Gasteiger partial charge on any atom is 0.140 e. The fraction of sp³-hybridized carbons (Fsp3) is 0.588. The Kier molecular flexibility index (Phi) is 4.36. The summed E-state index contributed by atoms with van der Waals surface area (Å²) in [5, 5.41) is 16.1. The number of halogens is 1. The Morgan fingerprint density at radius 3 is 2.48 bits per heavy atom. The van der Waals surface area contributed by atoms with Crippen LogP contribution in [0.3, 0.4) is 0 Å². The minimum absolute atomic E-state index is 0.0972. The van der Waals surface area contributed by atoms with E-state index in [9.17, 15) is 4.39 Å². The Morgan fingerprint density at radius 1 is 1.29 bits per heavy atom. The maximum absolute atomic E-state index is 13.3. The average molecular weight is 289 g/mol. The number of rotatable bonds is 3. The van der Waals surface area contributed by atoms with Gasteiger partial charge < -0.3 is 10.6 Å². The van der Waals surface area contributed by atoms with Gasteiger partial charge in [-0.2, -0.15) is 5.26 Å². The zero-order valence-electron chi connectivity index (χ0n) is 13.3. The standard InChI is InChI=1S/C17H24FN3/c1-16(2)8-14(9-17(3,4)21-16)20-11-12-5-6-15(18)13(7-12)10-19/h5-7,14,20-21H,8-9,11H2,1-4H3. The highest BCUT2D eigenvalue weighted by Gasteiger charge is 2.37. The van der Waals surface area contributed by atoms with Gasteiger partial charge in [-0.15, -0.1) is 0 Å². The summed E-state index contributed by atoms with van der Waals surface area (Å²) in [6.45, 7) is 9.52. The Hall–Kier alpha value is -1.44. The number of nitrogens with one attached hydrogen (secondary N) is 2. The molecule has 21 heavy (non-hydrogen) atoms. The van der Waals surface area contributed by atoms with E-state index in [0.717, 1.165) is 18.4 Å². The van der Waals surface area contributed by atoms with E-state index in [2.05, 4.69) is 38.3 Å². The SMILES string of the molecule is CC1(C)CC(NCc2ccc(F)c(C#N)c2)CC(C)(C)N1. The molecule has 0 unspecified atom stereocenters.